The Bertz CT molecular complexity index is 349. The van der Waals surface area contributed by atoms with Crippen molar-refractivity contribution >= 4 is 48.9 Å². The van der Waals surface area contributed by atoms with Crippen LogP contribution in [-0.2, 0) is 0 Å². The van der Waals surface area contributed by atoms with Crippen molar-refractivity contribution in [2.75, 3.05) is 7.11 Å². The minimum Gasteiger partial charge on any atom is -1.00 e. The van der Waals surface area contributed by atoms with Crippen LogP contribution < -0.4 is 4.74 Å². The van der Waals surface area contributed by atoms with Gasteiger partial charge < -0.3 is 12.6 Å². The maximum absolute atomic E-state index is 4.89. The normalized spacial score (nSPS) is 9.42. The minimum absolute atomic E-state index is 0. The van der Waals surface area contributed by atoms with E-state index < -0.39 is 0 Å². The molecular weight excluding hydrogens is 182 g/mol. The number of imidazole rings is 1. The molecule has 0 bridgehead atoms. The molecule has 2 heterocycles. The molecule has 0 aromatic carbocycles. The van der Waals surface area contributed by atoms with Crippen LogP contribution in [0.2, 0.25) is 0 Å². The summed E-state index contributed by atoms with van der Waals surface area (Å²) in [6.07, 6.45) is 1.70. The molecule has 0 atom stereocenters. The number of hydrogen-bond acceptors (Lipinski definition) is 3. The summed E-state index contributed by atoms with van der Waals surface area (Å²) in [4.78, 5) is 11.0. The SMILES string of the molecule is COc1nc2ncccc2[nH]1.[Ca+2].[H-].[H-]. The van der Waals surface area contributed by atoms with Gasteiger partial charge in [0.2, 0.25) is 0 Å². The molecule has 4 nitrogen and oxygen atoms in total. The Hall–Kier alpha value is -0.320. The maximum atomic E-state index is 4.89. The molecule has 0 unspecified atom stereocenters. The predicted molar refractivity (Wildman–Crippen MR) is 48.4 cm³/mol. The third-order valence-electron chi connectivity index (χ3n) is 1.43. The minimum atomic E-state index is 0. The summed E-state index contributed by atoms with van der Waals surface area (Å²) in [5.41, 5.74) is 1.58. The molecule has 2 rings (SSSR count). The van der Waals surface area contributed by atoms with Gasteiger partial charge in [0.05, 0.1) is 12.6 Å². The number of aromatic amines is 1. The smallest absolute Gasteiger partial charge is 1.00 e. The Labute approximate surface area is 102 Å². The summed E-state index contributed by atoms with van der Waals surface area (Å²) < 4.78 is 4.89. The van der Waals surface area contributed by atoms with Crippen molar-refractivity contribution in [3.8, 4) is 6.01 Å². The first-order chi connectivity index (χ1) is 5.40. The number of nitrogens with zero attached hydrogens (tertiary/aromatic N) is 2. The number of nitrogens with one attached hydrogen (secondary N) is 1. The molecule has 0 saturated carbocycles. The average molecular weight is 191 g/mol. The van der Waals surface area contributed by atoms with Crippen LogP contribution in [0.4, 0.5) is 0 Å². The molecule has 0 radical (unpaired) electrons. The van der Waals surface area contributed by atoms with Crippen LogP contribution >= 0.6 is 0 Å². The third-order valence-corrected chi connectivity index (χ3v) is 1.43. The van der Waals surface area contributed by atoms with Crippen LogP contribution in [0.1, 0.15) is 2.85 Å². The molecule has 0 fully saturated rings. The molecule has 0 aliphatic heterocycles. The van der Waals surface area contributed by atoms with E-state index in [1.807, 2.05) is 12.1 Å². The largest absolute Gasteiger partial charge is 2.00 e. The number of methoxy groups -OCH3 is 1. The van der Waals surface area contributed by atoms with Gasteiger partial charge in [-0.3, -0.25) is 0 Å². The van der Waals surface area contributed by atoms with Crippen molar-refractivity contribution in [2.45, 2.75) is 0 Å². The number of H-pyrrole nitrogens is 1. The number of pyridine rings is 1. The predicted octanol–water partition coefficient (Wildman–Crippen LogP) is 0.811. The van der Waals surface area contributed by atoms with Gasteiger partial charge in [-0.15, -0.1) is 0 Å². The molecule has 1 N–H and O–H groups in total. The van der Waals surface area contributed by atoms with Gasteiger partial charge in [0.15, 0.2) is 5.65 Å². The topological polar surface area (TPSA) is 50.8 Å². The van der Waals surface area contributed by atoms with E-state index in [0.717, 1.165) is 5.52 Å². The summed E-state index contributed by atoms with van der Waals surface area (Å²) >= 11 is 0. The van der Waals surface area contributed by atoms with E-state index in [4.69, 9.17) is 4.74 Å². The van der Waals surface area contributed by atoms with E-state index in [0.29, 0.717) is 11.7 Å². The Morgan fingerprint density at radius 3 is 3.08 bits per heavy atom. The zero-order chi connectivity index (χ0) is 7.68. The second-order valence-electron chi connectivity index (χ2n) is 2.12. The first-order valence-electron chi connectivity index (χ1n) is 3.25. The molecule has 2 aromatic heterocycles. The molecule has 0 spiro atoms. The summed E-state index contributed by atoms with van der Waals surface area (Å²) in [5.74, 6) is 0. The average Bonchev–Trinajstić information content (AvgIpc) is 2.46. The third kappa shape index (κ3) is 1.71. The van der Waals surface area contributed by atoms with Crippen molar-refractivity contribution in [1.82, 2.24) is 15.0 Å². The molecule has 0 aliphatic rings. The standard InChI is InChI=1S/C7H7N3O.Ca.2H/c1-11-7-9-5-3-2-4-8-6(5)10-7;;;/h2-4H,1H3,(H,8,9,10);;;/q;+2;2*-1. The van der Waals surface area contributed by atoms with Crippen LogP contribution in [0.15, 0.2) is 18.3 Å². The van der Waals surface area contributed by atoms with Crippen LogP contribution in [0, 0.1) is 0 Å². The summed E-state index contributed by atoms with van der Waals surface area (Å²) in [5, 5.41) is 0. The maximum Gasteiger partial charge on any atom is 2.00 e. The number of fused-ring (bicyclic) bond motifs is 1. The fourth-order valence-corrected chi connectivity index (χ4v) is 0.920. The zero-order valence-corrected chi connectivity index (χ0v) is 8.95. The fraction of sp³-hybridized carbons (Fsp3) is 0.143. The first-order valence-corrected chi connectivity index (χ1v) is 3.25. The van der Waals surface area contributed by atoms with Crippen molar-refractivity contribution in [2.24, 2.45) is 0 Å². The monoisotopic (exact) mass is 191 g/mol. The van der Waals surface area contributed by atoms with Crippen molar-refractivity contribution in [1.29, 1.82) is 0 Å². The van der Waals surface area contributed by atoms with Gasteiger partial charge >= 0.3 is 37.7 Å². The van der Waals surface area contributed by atoms with Crippen molar-refractivity contribution in [3.05, 3.63) is 18.3 Å². The van der Waals surface area contributed by atoms with Crippen LogP contribution in [-0.4, -0.2) is 59.8 Å². The van der Waals surface area contributed by atoms with E-state index in [1.54, 1.807) is 13.3 Å². The van der Waals surface area contributed by atoms with E-state index in [-0.39, 0.29) is 40.6 Å². The Kier molecular flexibility index (Phi) is 3.31. The van der Waals surface area contributed by atoms with E-state index >= 15 is 0 Å². The molecule has 0 amide bonds. The van der Waals surface area contributed by atoms with Gasteiger partial charge in [-0.25, -0.2) is 4.98 Å². The van der Waals surface area contributed by atoms with Crippen molar-refractivity contribution in [3.63, 3.8) is 0 Å². The van der Waals surface area contributed by atoms with E-state index in [1.165, 1.54) is 0 Å². The van der Waals surface area contributed by atoms with Gasteiger partial charge in [-0.1, -0.05) is 0 Å². The van der Waals surface area contributed by atoms with E-state index in [2.05, 4.69) is 15.0 Å². The molecule has 60 valence electrons. The number of rotatable bonds is 1. The van der Waals surface area contributed by atoms with Gasteiger partial charge in [0.1, 0.15) is 0 Å². The molecule has 0 aliphatic carbocycles. The Morgan fingerprint density at radius 2 is 2.42 bits per heavy atom. The number of aromatic nitrogens is 3. The van der Waals surface area contributed by atoms with Crippen LogP contribution in [0.3, 0.4) is 0 Å². The quantitative estimate of drug-likeness (QED) is 0.679. The van der Waals surface area contributed by atoms with Crippen LogP contribution in [0.5, 0.6) is 6.01 Å². The molecule has 12 heavy (non-hydrogen) atoms. The molecule has 0 saturated heterocycles. The molecule has 2 aromatic rings. The second-order valence-corrected chi connectivity index (χ2v) is 2.12. The molecule has 5 heteroatoms. The summed E-state index contributed by atoms with van der Waals surface area (Å²) in [6.45, 7) is 0. The Morgan fingerprint density at radius 1 is 1.58 bits per heavy atom. The van der Waals surface area contributed by atoms with Gasteiger partial charge in [0.25, 0.3) is 6.01 Å². The first kappa shape index (κ1) is 9.77. The van der Waals surface area contributed by atoms with Gasteiger partial charge in [-0.2, -0.15) is 4.98 Å². The van der Waals surface area contributed by atoms with Gasteiger partial charge in [0, 0.05) is 6.20 Å². The van der Waals surface area contributed by atoms with Crippen molar-refractivity contribution < 1.29 is 7.59 Å². The number of ether oxygens (including phenoxy) is 1. The van der Waals surface area contributed by atoms with Gasteiger partial charge in [-0.05, 0) is 12.1 Å². The fourth-order valence-electron chi connectivity index (χ4n) is 0.920. The van der Waals surface area contributed by atoms with Crippen LogP contribution in [0.25, 0.3) is 11.2 Å². The summed E-state index contributed by atoms with van der Waals surface area (Å²) in [7, 11) is 1.57. The number of hydrogen-bond donors (Lipinski definition) is 1. The summed E-state index contributed by atoms with van der Waals surface area (Å²) in [6, 6.07) is 4.25. The zero-order valence-electron chi connectivity index (χ0n) is 8.74. The second kappa shape index (κ2) is 4.07. The molecular formula is C7H9CaN3O. The van der Waals surface area contributed by atoms with E-state index in [9.17, 15) is 0 Å². The Balaban J connectivity index is 0.